The van der Waals surface area contributed by atoms with Gasteiger partial charge in [-0.2, -0.15) is 0 Å². The maximum atomic E-state index is 5.31. The monoisotopic (exact) mass is 214 g/mol. The van der Waals surface area contributed by atoms with Crippen molar-refractivity contribution in [3.05, 3.63) is 0 Å². The summed E-state index contributed by atoms with van der Waals surface area (Å²) in [5.41, 5.74) is 10.6. The molecule has 10 nitrogen and oxygen atoms in total. The van der Waals surface area contributed by atoms with Gasteiger partial charge in [0.05, 0.1) is 0 Å². The summed E-state index contributed by atoms with van der Waals surface area (Å²) in [5, 5.41) is 13.3. The van der Waals surface area contributed by atoms with Crippen molar-refractivity contribution in [3.63, 3.8) is 0 Å². The van der Waals surface area contributed by atoms with Gasteiger partial charge in [-0.1, -0.05) is 0 Å². The summed E-state index contributed by atoms with van der Waals surface area (Å²) in [6, 6.07) is 0. The molecule has 0 atom stereocenters. The lowest BCUT2D eigenvalue weighted by molar-refractivity contribution is 0.101. The molecule has 2 aromatic rings. The highest BCUT2D eigenvalue weighted by molar-refractivity contribution is 5.37. The van der Waals surface area contributed by atoms with E-state index < -0.39 is 0 Å². The van der Waals surface area contributed by atoms with E-state index in [-0.39, 0.29) is 30.2 Å². The van der Waals surface area contributed by atoms with Crippen molar-refractivity contribution in [2.75, 3.05) is 18.3 Å². The van der Waals surface area contributed by atoms with E-state index in [1.54, 1.807) is 0 Å². The number of hydrogen-bond acceptors (Lipinski definition) is 10. The van der Waals surface area contributed by atoms with Gasteiger partial charge < -0.3 is 20.9 Å². The van der Waals surface area contributed by atoms with Crippen LogP contribution in [0.1, 0.15) is 0 Å². The molecular weight excluding hydrogens is 208 g/mol. The zero-order valence-electron chi connectivity index (χ0n) is 7.28. The maximum absolute atomic E-state index is 5.31. The standard InChI is InChI=1S/C5H6N6O4/c6-2-4(10-14-8-2)12-1-13-5-3(7)9-15-11-5/h1H2,(H2,6,8)(H2,7,9). The topological polar surface area (TPSA) is 148 Å². The minimum Gasteiger partial charge on any atom is -0.435 e. The lowest BCUT2D eigenvalue weighted by Crippen LogP contribution is -2.08. The van der Waals surface area contributed by atoms with Crippen LogP contribution in [0.3, 0.4) is 0 Å². The third-order valence-electron chi connectivity index (χ3n) is 1.36. The number of rotatable bonds is 4. The van der Waals surface area contributed by atoms with Crippen molar-refractivity contribution >= 4 is 11.6 Å². The molecule has 4 N–H and O–H groups in total. The fourth-order valence-corrected chi connectivity index (χ4v) is 0.716. The van der Waals surface area contributed by atoms with Crippen LogP contribution in [0, 0.1) is 0 Å². The van der Waals surface area contributed by atoms with Crippen LogP contribution in [-0.2, 0) is 0 Å². The smallest absolute Gasteiger partial charge is 0.303 e. The van der Waals surface area contributed by atoms with E-state index >= 15 is 0 Å². The molecular formula is C5H6N6O4. The summed E-state index contributed by atoms with van der Waals surface area (Å²) in [5.74, 6) is 0.0738. The quantitative estimate of drug-likeness (QED) is 0.608. The molecule has 0 saturated heterocycles. The van der Waals surface area contributed by atoms with Crippen LogP contribution < -0.4 is 20.9 Å². The Bertz CT molecular complexity index is 398. The number of nitrogens with two attached hydrogens (primary N) is 2. The second-order valence-corrected chi connectivity index (χ2v) is 2.32. The Labute approximate surface area is 82.0 Å². The lowest BCUT2D eigenvalue weighted by atomic mass is 10.7. The van der Waals surface area contributed by atoms with Crippen LogP contribution in [0.2, 0.25) is 0 Å². The molecule has 10 heteroatoms. The maximum Gasteiger partial charge on any atom is 0.303 e. The van der Waals surface area contributed by atoms with E-state index in [9.17, 15) is 0 Å². The Kier molecular flexibility index (Phi) is 2.23. The van der Waals surface area contributed by atoms with E-state index in [2.05, 4.69) is 29.9 Å². The highest BCUT2D eigenvalue weighted by Crippen LogP contribution is 2.16. The van der Waals surface area contributed by atoms with Crippen molar-refractivity contribution < 1.29 is 18.7 Å². The molecule has 2 heterocycles. The van der Waals surface area contributed by atoms with Crippen molar-refractivity contribution in [2.24, 2.45) is 0 Å². The van der Waals surface area contributed by atoms with Gasteiger partial charge in [0.1, 0.15) is 0 Å². The first-order valence-electron chi connectivity index (χ1n) is 3.69. The summed E-state index contributed by atoms with van der Waals surface area (Å²) in [6.07, 6.45) is 0. The number of anilines is 2. The molecule has 80 valence electrons. The minimum absolute atomic E-state index is 0.0184. The zero-order chi connectivity index (χ0) is 10.7. The summed E-state index contributed by atoms with van der Waals surface area (Å²) >= 11 is 0. The molecule has 0 spiro atoms. The van der Waals surface area contributed by atoms with Gasteiger partial charge in [-0.3, -0.25) is 0 Å². The first-order chi connectivity index (χ1) is 7.27. The number of nitrogen functional groups attached to an aromatic ring is 2. The van der Waals surface area contributed by atoms with Gasteiger partial charge in [0.15, 0.2) is 0 Å². The minimum atomic E-state index is -0.225. The number of ether oxygens (including phenoxy) is 2. The SMILES string of the molecule is Nc1nonc1OCOc1nonc1N. The van der Waals surface area contributed by atoms with Gasteiger partial charge in [-0.05, 0) is 20.6 Å². The van der Waals surface area contributed by atoms with Crippen molar-refractivity contribution in [1.82, 2.24) is 20.6 Å². The largest absolute Gasteiger partial charge is 0.435 e. The summed E-state index contributed by atoms with van der Waals surface area (Å²) < 4.78 is 18.4. The Morgan fingerprint density at radius 2 is 1.33 bits per heavy atom. The Balaban J connectivity index is 1.86. The van der Waals surface area contributed by atoms with Crippen LogP contribution in [0.5, 0.6) is 11.8 Å². The number of hydrogen-bond donors (Lipinski definition) is 2. The molecule has 0 radical (unpaired) electrons. The van der Waals surface area contributed by atoms with Gasteiger partial charge in [0, 0.05) is 0 Å². The molecule has 0 bridgehead atoms. The molecule has 2 aromatic heterocycles. The normalized spacial score (nSPS) is 10.1. The third-order valence-corrected chi connectivity index (χ3v) is 1.36. The van der Waals surface area contributed by atoms with Gasteiger partial charge in [-0.15, -0.1) is 0 Å². The van der Waals surface area contributed by atoms with Crippen LogP contribution in [0.4, 0.5) is 11.6 Å². The summed E-state index contributed by atoms with van der Waals surface area (Å²) in [6.45, 7) is -0.225. The molecule has 0 unspecified atom stereocenters. The zero-order valence-corrected chi connectivity index (χ0v) is 7.28. The number of nitrogens with zero attached hydrogens (tertiary/aromatic N) is 4. The average Bonchev–Trinajstić information content (AvgIpc) is 2.78. The second-order valence-electron chi connectivity index (χ2n) is 2.32. The van der Waals surface area contributed by atoms with E-state index in [1.165, 1.54) is 0 Å². The Hall–Kier alpha value is -2.52. The van der Waals surface area contributed by atoms with Gasteiger partial charge >= 0.3 is 11.8 Å². The Morgan fingerprint density at radius 3 is 1.67 bits per heavy atom. The molecule has 0 aliphatic heterocycles. The van der Waals surface area contributed by atoms with E-state index in [1.807, 2.05) is 0 Å². The molecule has 0 saturated carbocycles. The fraction of sp³-hybridized carbons (Fsp3) is 0.200. The second kappa shape index (κ2) is 3.69. The Morgan fingerprint density at radius 1 is 0.867 bits per heavy atom. The van der Waals surface area contributed by atoms with Gasteiger partial charge in [-0.25, -0.2) is 9.26 Å². The average molecular weight is 214 g/mol. The predicted octanol–water partition coefficient (Wildman–Crippen LogP) is -0.968. The molecule has 0 amide bonds. The molecule has 0 aliphatic carbocycles. The first kappa shape index (κ1) is 9.05. The van der Waals surface area contributed by atoms with Crippen molar-refractivity contribution in [3.8, 4) is 11.8 Å². The van der Waals surface area contributed by atoms with Crippen molar-refractivity contribution in [1.29, 1.82) is 0 Å². The summed E-state index contributed by atoms with van der Waals surface area (Å²) in [7, 11) is 0. The van der Waals surface area contributed by atoms with E-state index in [4.69, 9.17) is 20.9 Å². The fourth-order valence-electron chi connectivity index (χ4n) is 0.716. The predicted molar refractivity (Wildman–Crippen MR) is 43.5 cm³/mol. The van der Waals surface area contributed by atoms with Crippen LogP contribution in [0.25, 0.3) is 0 Å². The molecule has 0 aliphatic rings. The number of aromatic nitrogens is 4. The first-order valence-corrected chi connectivity index (χ1v) is 3.69. The van der Waals surface area contributed by atoms with Gasteiger partial charge in [0.2, 0.25) is 18.4 Å². The lowest BCUT2D eigenvalue weighted by Gasteiger charge is -2.01. The molecule has 15 heavy (non-hydrogen) atoms. The molecule has 2 rings (SSSR count). The highest BCUT2D eigenvalue weighted by Gasteiger charge is 2.10. The van der Waals surface area contributed by atoms with Gasteiger partial charge in [0.25, 0.3) is 0 Å². The van der Waals surface area contributed by atoms with Crippen molar-refractivity contribution in [2.45, 2.75) is 0 Å². The van der Waals surface area contributed by atoms with E-state index in [0.717, 1.165) is 0 Å². The highest BCUT2D eigenvalue weighted by atomic mass is 16.7. The molecule has 0 aromatic carbocycles. The van der Waals surface area contributed by atoms with Crippen LogP contribution in [-0.4, -0.2) is 27.4 Å². The molecule has 0 fully saturated rings. The third kappa shape index (κ3) is 1.87. The summed E-state index contributed by atoms with van der Waals surface area (Å²) in [4.78, 5) is 0. The van der Waals surface area contributed by atoms with Crippen LogP contribution in [0.15, 0.2) is 9.26 Å². The van der Waals surface area contributed by atoms with E-state index in [0.29, 0.717) is 0 Å². The van der Waals surface area contributed by atoms with Crippen LogP contribution >= 0.6 is 0 Å².